The van der Waals surface area contributed by atoms with Crippen molar-refractivity contribution in [3.63, 3.8) is 0 Å². The molecule has 0 aliphatic carbocycles. The Kier molecular flexibility index (Phi) is 7.22. The predicted octanol–water partition coefficient (Wildman–Crippen LogP) is 2.26. The van der Waals surface area contributed by atoms with Crippen LogP contribution in [0.5, 0.6) is 5.75 Å². The summed E-state index contributed by atoms with van der Waals surface area (Å²) in [7, 11) is 0. The molecule has 0 fully saturated rings. The molecule has 1 aromatic rings. The Morgan fingerprint density at radius 3 is 3.00 bits per heavy atom. The minimum atomic E-state index is -0.147. The molecule has 0 aromatic heterocycles. The van der Waals surface area contributed by atoms with Crippen LogP contribution in [-0.2, 0) is 9.53 Å². The van der Waals surface area contributed by atoms with Gasteiger partial charge in [0.15, 0.2) is 6.61 Å². The zero-order chi connectivity index (χ0) is 13.2. The van der Waals surface area contributed by atoms with Crippen LogP contribution >= 0.6 is 11.6 Å². The molecule has 0 bridgehead atoms. The van der Waals surface area contributed by atoms with Crippen LogP contribution in [0, 0.1) is 0 Å². The van der Waals surface area contributed by atoms with Gasteiger partial charge in [-0.05, 0) is 31.5 Å². The fourth-order valence-corrected chi connectivity index (χ4v) is 1.48. The third-order valence-corrected chi connectivity index (χ3v) is 2.39. The first-order chi connectivity index (χ1) is 8.72. The van der Waals surface area contributed by atoms with Gasteiger partial charge in [-0.3, -0.25) is 4.79 Å². The highest BCUT2D eigenvalue weighted by atomic mass is 35.5. The van der Waals surface area contributed by atoms with E-state index in [1.54, 1.807) is 24.3 Å². The fourth-order valence-electron chi connectivity index (χ4n) is 1.30. The van der Waals surface area contributed by atoms with Crippen molar-refractivity contribution >= 4 is 17.5 Å². The van der Waals surface area contributed by atoms with Crippen LogP contribution in [0.3, 0.4) is 0 Å². The maximum Gasteiger partial charge on any atom is 0.257 e. The Morgan fingerprint density at radius 2 is 2.28 bits per heavy atom. The quantitative estimate of drug-likeness (QED) is 0.738. The number of amides is 1. The molecule has 0 aliphatic rings. The number of carbonyl (C=O) groups excluding carboxylic acids is 1. The Hall–Kier alpha value is -1.26. The van der Waals surface area contributed by atoms with Crippen molar-refractivity contribution in [3.05, 3.63) is 29.3 Å². The first-order valence-corrected chi connectivity index (χ1v) is 6.33. The van der Waals surface area contributed by atoms with E-state index in [0.29, 0.717) is 30.5 Å². The summed E-state index contributed by atoms with van der Waals surface area (Å²) in [6.07, 6.45) is 0.802. The Bertz CT molecular complexity index is 371. The predicted molar refractivity (Wildman–Crippen MR) is 71.1 cm³/mol. The highest BCUT2D eigenvalue weighted by molar-refractivity contribution is 6.30. The van der Waals surface area contributed by atoms with Crippen molar-refractivity contribution in [1.82, 2.24) is 5.32 Å². The maximum absolute atomic E-state index is 11.4. The van der Waals surface area contributed by atoms with Gasteiger partial charge >= 0.3 is 0 Å². The number of hydrogen-bond acceptors (Lipinski definition) is 3. The van der Waals surface area contributed by atoms with Gasteiger partial charge in [0.05, 0.1) is 0 Å². The molecule has 0 heterocycles. The number of carbonyl (C=O) groups is 1. The summed E-state index contributed by atoms with van der Waals surface area (Å²) in [6, 6.07) is 6.96. The van der Waals surface area contributed by atoms with Crippen LogP contribution in [0.1, 0.15) is 13.3 Å². The van der Waals surface area contributed by atoms with Gasteiger partial charge in [0, 0.05) is 24.8 Å². The van der Waals surface area contributed by atoms with E-state index >= 15 is 0 Å². The van der Waals surface area contributed by atoms with E-state index in [9.17, 15) is 4.79 Å². The summed E-state index contributed by atoms with van der Waals surface area (Å²) < 4.78 is 10.5. The smallest absolute Gasteiger partial charge is 0.257 e. The molecule has 0 saturated heterocycles. The van der Waals surface area contributed by atoms with E-state index in [-0.39, 0.29) is 12.5 Å². The molecule has 1 amide bonds. The van der Waals surface area contributed by atoms with Crippen LogP contribution in [0.25, 0.3) is 0 Å². The molecule has 5 heteroatoms. The molecule has 0 radical (unpaired) electrons. The highest BCUT2D eigenvalue weighted by Crippen LogP contribution is 2.16. The number of nitrogens with one attached hydrogen (secondary N) is 1. The lowest BCUT2D eigenvalue weighted by atomic mass is 10.3. The zero-order valence-corrected chi connectivity index (χ0v) is 11.2. The van der Waals surface area contributed by atoms with Gasteiger partial charge < -0.3 is 14.8 Å². The number of benzene rings is 1. The van der Waals surface area contributed by atoms with E-state index < -0.39 is 0 Å². The molecule has 0 aliphatic heterocycles. The molecular weight excluding hydrogens is 254 g/mol. The van der Waals surface area contributed by atoms with Crippen LogP contribution in [-0.4, -0.2) is 32.3 Å². The zero-order valence-electron chi connectivity index (χ0n) is 10.4. The van der Waals surface area contributed by atoms with Gasteiger partial charge in [0.1, 0.15) is 5.75 Å². The molecular formula is C13H18ClNO3. The second kappa shape index (κ2) is 8.78. The molecule has 18 heavy (non-hydrogen) atoms. The minimum absolute atomic E-state index is 0.00498. The van der Waals surface area contributed by atoms with Gasteiger partial charge in [-0.2, -0.15) is 0 Å². The molecule has 0 atom stereocenters. The van der Waals surface area contributed by atoms with Crippen LogP contribution in [0.4, 0.5) is 0 Å². The molecule has 100 valence electrons. The van der Waals surface area contributed by atoms with Crippen molar-refractivity contribution < 1.29 is 14.3 Å². The Balaban J connectivity index is 2.13. The molecule has 0 saturated carbocycles. The fraction of sp³-hybridized carbons (Fsp3) is 0.462. The molecule has 1 N–H and O–H groups in total. The summed E-state index contributed by atoms with van der Waals surface area (Å²) in [5, 5.41) is 3.34. The normalized spacial score (nSPS) is 10.1. The van der Waals surface area contributed by atoms with Gasteiger partial charge in [0.2, 0.25) is 0 Å². The van der Waals surface area contributed by atoms with Crippen molar-refractivity contribution in [2.75, 3.05) is 26.4 Å². The van der Waals surface area contributed by atoms with E-state index in [2.05, 4.69) is 5.32 Å². The van der Waals surface area contributed by atoms with E-state index in [1.165, 1.54) is 0 Å². The third kappa shape index (κ3) is 6.47. The van der Waals surface area contributed by atoms with Gasteiger partial charge in [-0.15, -0.1) is 0 Å². The van der Waals surface area contributed by atoms with Gasteiger partial charge in [-0.25, -0.2) is 0 Å². The standard InChI is InChI=1S/C13H18ClNO3/c1-2-17-8-4-7-15-13(16)10-18-12-6-3-5-11(14)9-12/h3,5-6,9H,2,4,7-8,10H2,1H3,(H,15,16). The monoisotopic (exact) mass is 271 g/mol. The summed E-state index contributed by atoms with van der Waals surface area (Å²) in [5.74, 6) is 0.443. The van der Waals surface area contributed by atoms with Crippen LogP contribution in [0.2, 0.25) is 5.02 Å². The third-order valence-electron chi connectivity index (χ3n) is 2.16. The Labute approximate surface area is 112 Å². The number of ether oxygens (including phenoxy) is 2. The molecule has 1 aromatic carbocycles. The summed E-state index contributed by atoms with van der Waals surface area (Å²) in [6.45, 7) is 3.89. The topological polar surface area (TPSA) is 47.6 Å². The van der Waals surface area contributed by atoms with Crippen molar-refractivity contribution in [2.24, 2.45) is 0 Å². The minimum Gasteiger partial charge on any atom is -0.484 e. The number of rotatable bonds is 8. The molecule has 0 unspecified atom stereocenters. The van der Waals surface area contributed by atoms with E-state index in [0.717, 1.165) is 6.42 Å². The lowest BCUT2D eigenvalue weighted by Crippen LogP contribution is -2.30. The van der Waals surface area contributed by atoms with Gasteiger partial charge in [0.25, 0.3) is 5.91 Å². The van der Waals surface area contributed by atoms with Crippen molar-refractivity contribution in [3.8, 4) is 5.75 Å². The highest BCUT2D eigenvalue weighted by Gasteiger charge is 2.02. The first-order valence-electron chi connectivity index (χ1n) is 5.95. The number of hydrogen-bond donors (Lipinski definition) is 1. The second-order valence-electron chi connectivity index (χ2n) is 3.65. The number of halogens is 1. The van der Waals surface area contributed by atoms with Crippen LogP contribution in [0.15, 0.2) is 24.3 Å². The summed E-state index contributed by atoms with van der Waals surface area (Å²) in [4.78, 5) is 11.4. The average molecular weight is 272 g/mol. The molecule has 1 rings (SSSR count). The largest absolute Gasteiger partial charge is 0.484 e. The van der Waals surface area contributed by atoms with E-state index in [1.807, 2.05) is 6.92 Å². The van der Waals surface area contributed by atoms with E-state index in [4.69, 9.17) is 21.1 Å². The first kappa shape index (κ1) is 14.8. The second-order valence-corrected chi connectivity index (χ2v) is 4.08. The van der Waals surface area contributed by atoms with Crippen molar-refractivity contribution in [2.45, 2.75) is 13.3 Å². The van der Waals surface area contributed by atoms with Crippen molar-refractivity contribution in [1.29, 1.82) is 0 Å². The lowest BCUT2D eigenvalue weighted by molar-refractivity contribution is -0.123. The van der Waals surface area contributed by atoms with Gasteiger partial charge in [-0.1, -0.05) is 17.7 Å². The average Bonchev–Trinajstić information content (AvgIpc) is 2.36. The molecule has 0 spiro atoms. The Morgan fingerprint density at radius 1 is 1.44 bits per heavy atom. The SMILES string of the molecule is CCOCCCNC(=O)COc1cccc(Cl)c1. The summed E-state index contributed by atoms with van der Waals surface area (Å²) in [5.41, 5.74) is 0. The lowest BCUT2D eigenvalue weighted by Gasteiger charge is -2.07. The maximum atomic E-state index is 11.4. The summed E-state index contributed by atoms with van der Waals surface area (Å²) >= 11 is 5.80. The van der Waals surface area contributed by atoms with Crippen LogP contribution < -0.4 is 10.1 Å². The molecule has 4 nitrogen and oxygen atoms in total.